The number of nitrogens with zero attached hydrogens (tertiary/aromatic N) is 1. The maximum atomic E-state index is 10.4. The SMILES string of the molecule is O=C(O)CON=Cc1cccc(-c2cccc(OCc3ccccc3)c2)c1. The second-order valence-corrected chi connectivity index (χ2v) is 5.83. The zero-order valence-electron chi connectivity index (χ0n) is 14.6. The second-order valence-electron chi connectivity index (χ2n) is 5.83. The molecule has 0 aliphatic rings. The summed E-state index contributed by atoms with van der Waals surface area (Å²) in [7, 11) is 0. The Morgan fingerprint density at radius 3 is 2.44 bits per heavy atom. The number of hydrogen-bond acceptors (Lipinski definition) is 4. The summed E-state index contributed by atoms with van der Waals surface area (Å²) >= 11 is 0. The summed E-state index contributed by atoms with van der Waals surface area (Å²) in [5.74, 6) is -0.270. The molecule has 0 fully saturated rings. The number of carboxylic acid groups (broad SMARTS) is 1. The van der Waals surface area contributed by atoms with E-state index in [1.54, 1.807) is 0 Å². The van der Waals surface area contributed by atoms with Crippen LogP contribution in [0.4, 0.5) is 0 Å². The third-order valence-corrected chi connectivity index (χ3v) is 3.77. The Labute approximate surface area is 157 Å². The molecule has 5 heteroatoms. The Hall–Kier alpha value is -3.60. The van der Waals surface area contributed by atoms with Crippen molar-refractivity contribution in [1.82, 2.24) is 0 Å². The van der Waals surface area contributed by atoms with E-state index in [2.05, 4.69) is 9.99 Å². The van der Waals surface area contributed by atoms with E-state index in [9.17, 15) is 4.79 Å². The quantitative estimate of drug-likeness (QED) is 0.478. The van der Waals surface area contributed by atoms with Crippen molar-refractivity contribution in [3.8, 4) is 16.9 Å². The summed E-state index contributed by atoms with van der Waals surface area (Å²) in [6.07, 6.45) is 1.49. The number of carbonyl (C=O) groups is 1. The normalized spacial score (nSPS) is 10.7. The number of ether oxygens (including phenoxy) is 1. The molecule has 0 unspecified atom stereocenters. The predicted octanol–water partition coefficient (Wildman–Crippen LogP) is 4.37. The van der Waals surface area contributed by atoms with Crippen molar-refractivity contribution in [2.24, 2.45) is 5.16 Å². The summed E-state index contributed by atoms with van der Waals surface area (Å²) in [5.41, 5.74) is 3.94. The van der Waals surface area contributed by atoms with E-state index in [0.717, 1.165) is 28.0 Å². The van der Waals surface area contributed by atoms with Crippen LogP contribution >= 0.6 is 0 Å². The van der Waals surface area contributed by atoms with Crippen LogP contribution in [0, 0.1) is 0 Å². The van der Waals surface area contributed by atoms with Crippen molar-refractivity contribution in [3.05, 3.63) is 90.0 Å². The van der Waals surface area contributed by atoms with Gasteiger partial charge in [-0.1, -0.05) is 65.8 Å². The molecule has 0 saturated carbocycles. The molecule has 27 heavy (non-hydrogen) atoms. The lowest BCUT2D eigenvalue weighted by Crippen LogP contribution is -2.03. The van der Waals surface area contributed by atoms with E-state index in [0.29, 0.717) is 6.61 Å². The Morgan fingerprint density at radius 1 is 0.926 bits per heavy atom. The lowest BCUT2D eigenvalue weighted by Gasteiger charge is -2.09. The first-order valence-corrected chi connectivity index (χ1v) is 8.45. The molecule has 3 aromatic rings. The third kappa shape index (κ3) is 5.71. The predicted molar refractivity (Wildman–Crippen MR) is 104 cm³/mol. The van der Waals surface area contributed by atoms with Gasteiger partial charge in [0.25, 0.3) is 0 Å². The van der Waals surface area contributed by atoms with Crippen LogP contribution in [0.3, 0.4) is 0 Å². The minimum absolute atomic E-state index is 0.461. The number of benzene rings is 3. The molecule has 136 valence electrons. The monoisotopic (exact) mass is 361 g/mol. The fraction of sp³-hybridized carbons (Fsp3) is 0.0909. The van der Waals surface area contributed by atoms with Crippen molar-refractivity contribution in [2.45, 2.75) is 6.61 Å². The first-order chi connectivity index (χ1) is 13.2. The highest BCUT2D eigenvalue weighted by atomic mass is 16.6. The van der Waals surface area contributed by atoms with Crippen LogP contribution in [0.15, 0.2) is 84.0 Å². The molecule has 5 nitrogen and oxygen atoms in total. The number of aliphatic carboxylic acids is 1. The summed E-state index contributed by atoms with van der Waals surface area (Å²) in [5, 5.41) is 12.2. The summed E-state index contributed by atoms with van der Waals surface area (Å²) < 4.78 is 5.88. The largest absolute Gasteiger partial charge is 0.489 e. The van der Waals surface area contributed by atoms with Gasteiger partial charge in [0.2, 0.25) is 6.61 Å². The van der Waals surface area contributed by atoms with Gasteiger partial charge in [-0.25, -0.2) is 4.79 Å². The molecule has 0 saturated heterocycles. The topological polar surface area (TPSA) is 68.1 Å². The molecule has 0 aliphatic carbocycles. The van der Waals surface area contributed by atoms with Gasteiger partial charge < -0.3 is 14.7 Å². The summed E-state index contributed by atoms with van der Waals surface area (Å²) in [6.45, 7) is 0.0505. The Balaban J connectivity index is 1.69. The Bertz CT molecular complexity index is 922. The van der Waals surface area contributed by atoms with Gasteiger partial charge in [0, 0.05) is 0 Å². The summed E-state index contributed by atoms with van der Waals surface area (Å²) in [4.78, 5) is 15.1. The summed E-state index contributed by atoms with van der Waals surface area (Å²) in [6, 6.07) is 25.6. The molecule has 0 atom stereocenters. The van der Waals surface area contributed by atoms with Crippen LogP contribution in [0.25, 0.3) is 11.1 Å². The van der Waals surface area contributed by atoms with Crippen molar-refractivity contribution in [3.63, 3.8) is 0 Å². The molecule has 3 aromatic carbocycles. The van der Waals surface area contributed by atoms with Crippen LogP contribution < -0.4 is 4.74 Å². The van der Waals surface area contributed by atoms with Crippen LogP contribution in [-0.4, -0.2) is 23.9 Å². The molecule has 0 aromatic heterocycles. The fourth-order valence-electron chi connectivity index (χ4n) is 2.50. The van der Waals surface area contributed by atoms with Gasteiger partial charge >= 0.3 is 5.97 Å². The first-order valence-electron chi connectivity index (χ1n) is 8.45. The van der Waals surface area contributed by atoms with Crippen molar-refractivity contribution < 1.29 is 19.5 Å². The van der Waals surface area contributed by atoms with Crippen LogP contribution in [0.5, 0.6) is 5.75 Å². The number of rotatable bonds is 8. The standard InChI is InChI=1S/C22H19NO4/c24-22(25)16-27-23-14-18-8-4-9-19(12-18)20-10-5-11-21(13-20)26-15-17-6-2-1-3-7-17/h1-14H,15-16H2,(H,24,25). The first kappa shape index (κ1) is 18.2. The van der Waals surface area contributed by atoms with E-state index in [1.807, 2.05) is 78.9 Å². The van der Waals surface area contributed by atoms with E-state index in [1.165, 1.54) is 6.21 Å². The molecule has 0 spiro atoms. The fourth-order valence-corrected chi connectivity index (χ4v) is 2.50. The van der Waals surface area contributed by atoms with Gasteiger partial charge in [-0.2, -0.15) is 0 Å². The van der Waals surface area contributed by atoms with E-state index >= 15 is 0 Å². The van der Waals surface area contributed by atoms with E-state index in [4.69, 9.17) is 9.84 Å². The smallest absolute Gasteiger partial charge is 0.344 e. The van der Waals surface area contributed by atoms with Crippen molar-refractivity contribution in [2.75, 3.05) is 6.61 Å². The second kappa shape index (κ2) is 9.20. The molecule has 0 radical (unpaired) electrons. The molecular formula is C22H19NO4. The van der Waals surface area contributed by atoms with Gasteiger partial charge in [-0.15, -0.1) is 0 Å². The van der Waals surface area contributed by atoms with E-state index < -0.39 is 12.6 Å². The zero-order valence-corrected chi connectivity index (χ0v) is 14.6. The van der Waals surface area contributed by atoms with Gasteiger partial charge in [0.1, 0.15) is 12.4 Å². The maximum absolute atomic E-state index is 10.4. The average Bonchev–Trinajstić information content (AvgIpc) is 2.71. The maximum Gasteiger partial charge on any atom is 0.344 e. The molecule has 0 aliphatic heterocycles. The highest BCUT2D eigenvalue weighted by molar-refractivity contribution is 5.82. The van der Waals surface area contributed by atoms with Crippen LogP contribution in [0.2, 0.25) is 0 Å². The van der Waals surface area contributed by atoms with Crippen molar-refractivity contribution >= 4 is 12.2 Å². The molecule has 0 bridgehead atoms. The lowest BCUT2D eigenvalue weighted by molar-refractivity contribution is -0.142. The number of oxime groups is 1. The molecule has 0 amide bonds. The Kier molecular flexibility index (Phi) is 6.20. The van der Waals surface area contributed by atoms with Crippen molar-refractivity contribution in [1.29, 1.82) is 0 Å². The number of carboxylic acids is 1. The highest BCUT2D eigenvalue weighted by Gasteiger charge is 2.02. The molecule has 1 N–H and O–H groups in total. The van der Waals surface area contributed by atoms with Gasteiger partial charge in [0.15, 0.2) is 0 Å². The van der Waals surface area contributed by atoms with Crippen LogP contribution in [0.1, 0.15) is 11.1 Å². The van der Waals surface area contributed by atoms with E-state index in [-0.39, 0.29) is 0 Å². The zero-order chi connectivity index (χ0) is 18.9. The van der Waals surface area contributed by atoms with Gasteiger partial charge in [0.05, 0.1) is 6.21 Å². The third-order valence-electron chi connectivity index (χ3n) is 3.77. The van der Waals surface area contributed by atoms with Gasteiger partial charge in [-0.3, -0.25) is 0 Å². The molecular weight excluding hydrogens is 342 g/mol. The number of hydrogen-bond donors (Lipinski definition) is 1. The average molecular weight is 361 g/mol. The lowest BCUT2D eigenvalue weighted by atomic mass is 10.0. The minimum Gasteiger partial charge on any atom is -0.489 e. The van der Waals surface area contributed by atoms with Crippen LogP contribution in [-0.2, 0) is 16.2 Å². The minimum atomic E-state index is -1.06. The van der Waals surface area contributed by atoms with Gasteiger partial charge in [-0.05, 0) is 40.5 Å². The Morgan fingerprint density at radius 2 is 1.67 bits per heavy atom. The molecule has 0 heterocycles. The molecule has 3 rings (SSSR count). The highest BCUT2D eigenvalue weighted by Crippen LogP contribution is 2.25.